The summed E-state index contributed by atoms with van der Waals surface area (Å²) in [4.78, 5) is 12.7. The van der Waals surface area contributed by atoms with Crippen LogP contribution >= 0.6 is 12.2 Å². The number of hydrogen-bond donors (Lipinski definition) is 2. The van der Waals surface area contributed by atoms with E-state index in [-0.39, 0.29) is 5.91 Å². The molecule has 0 aromatic rings. The van der Waals surface area contributed by atoms with Gasteiger partial charge in [-0.2, -0.15) is 0 Å². The fourth-order valence-electron chi connectivity index (χ4n) is 3.12. The molecule has 2 aliphatic carbocycles. The van der Waals surface area contributed by atoms with E-state index >= 15 is 0 Å². The summed E-state index contributed by atoms with van der Waals surface area (Å²) in [5.41, 5.74) is 5.23. The van der Waals surface area contributed by atoms with E-state index in [0.717, 1.165) is 38.0 Å². The molecule has 0 bridgehead atoms. The topological polar surface area (TPSA) is 55.1 Å². The number of thiocarbonyl (C=S) groups is 1. The van der Waals surface area contributed by atoms with Gasteiger partial charge in [0.25, 0.3) is 0 Å². The standard InChI is InChI=1S/C14H24N2OS/c1-9-4-5-11(8-10(9)2)16-13(17)14(12(15)18)6-3-7-14/h9-11H,3-8H2,1-2H3,(H2,15,18)(H,16,17). The van der Waals surface area contributed by atoms with Gasteiger partial charge in [-0.15, -0.1) is 0 Å². The Morgan fingerprint density at radius 1 is 1.28 bits per heavy atom. The van der Waals surface area contributed by atoms with Crippen LogP contribution in [-0.4, -0.2) is 16.9 Å². The molecule has 1 amide bonds. The summed E-state index contributed by atoms with van der Waals surface area (Å²) in [7, 11) is 0. The molecule has 2 saturated carbocycles. The van der Waals surface area contributed by atoms with E-state index in [1.807, 2.05) is 0 Å². The zero-order chi connectivity index (χ0) is 13.3. The van der Waals surface area contributed by atoms with E-state index in [1.165, 1.54) is 6.42 Å². The molecule has 2 fully saturated rings. The second kappa shape index (κ2) is 5.16. The maximum Gasteiger partial charge on any atom is 0.233 e. The molecule has 2 aliphatic rings. The Morgan fingerprint density at radius 3 is 2.39 bits per heavy atom. The molecule has 3 unspecified atom stereocenters. The Bertz CT molecular complexity index is 352. The highest BCUT2D eigenvalue weighted by Gasteiger charge is 2.47. The van der Waals surface area contributed by atoms with Crippen molar-refractivity contribution in [2.45, 2.75) is 58.4 Å². The molecule has 3 nitrogen and oxygen atoms in total. The molecule has 3 N–H and O–H groups in total. The van der Waals surface area contributed by atoms with Crippen molar-refractivity contribution in [3.8, 4) is 0 Å². The van der Waals surface area contributed by atoms with Gasteiger partial charge in [0.05, 0.1) is 10.4 Å². The number of hydrogen-bond acceptors (Lipinski definition) is 2. The van der Waals surface area contributed by atoms with E-state index in [1.54, 1.807) is 0 Å². The first kappa shape index (κ1) is 13.8. The summed E-state index contributed by atoms with van der Waals surface area (Å²) in [5.74, 6) is 1.53. The highest BCUT2D eigenvalue weighted by Crippen LogP contribution is 2.42. The van der Waals surface area contributed by atoms with E-state index in [9.17, 15) is 4.79 Å². The Kier molecular flexibility index (Phi) is 3.95. The average molecular weight is 268 g/mol. The summed E-state index contributed by atoms with van der Waals surface area (Å²) < 4.78 is 0. The lowest BCUT2D eigenvalue weighted by Gasteiger charge is -2.41. The average Bonchev–Trinajstić information content (AvgIpc) is 2.21. The lowest BCUT2D eigenvalue weighted by molar-refractivity contribution is -0.132. The van der Waals surface area contributed by atoms with Gasteiger partial charge in [0.2, 0.25) is 5.91 Å². The first-order valence-corrected chi connectivity index (χ1v) is 7.47. The number of carbonyl (C=O) groups is 1. The van der Waals surface area contributed by atoms with Crippen molar-refractivity contribution in [3.63, 3.8) is 0 Å². The maximum atomic E-state index is 12.4. The van der Waals surface area contributed by atoms with Crippen LogP contribution in [0.5, 0.6) is 0 Å². The number of nitrogens with one attached hydrogen (secondary N) is 1. The SMILES string of the molecule is CC1CCC(NC(=O)C2(C(N)=S)CCC2)CC1C. The Labute approximate surface area is 115 Å². The van der Waals surface area contributed by atoms with Crippen LogP contribution < -0.4 is 11.1 Å². The van der Waals surface area contributed by atoms with Crippen LogP contribution in [0.3, 0.4) is 0 Å². The molecular weight excluding hydrogens is 244 g/mol. The van der Waals surface area contributed by atoms with Gasteiger partial charge in [0.1, 0.15) is 0 Å². The second-order valence-corrected chi connectivity index (χ2v) is 6.68. The molecule has 4 heteroatoms. The predicted molar refractivity (Wildman–Crippen MR) is 77.2 cm³/mol. The Hall–Kier alpha value is -0.640. The van der Waals surface area contributed by atoms with Gasteiger partial charge >= 0.3 is 0 Å². The zero-order valence-electron chi connectivity index (χ0n) is 11.4. The minimum Gasteiger partial charge on any atom is -0.392 e. The second-order valence-electron chi connectivity index (χ2n) is 6.24. The van der Waals surface area contributed by atoms with Crippen LogP contribution in [0.15, 0.2) is 0 Å². The van der Waals surface area contributed by atoms with E-state index in [0.29, 0.717) is 16.9 Å². The summed E-state index contributed by atoms with van der Waals surface area (Å²) in [5, 5.41) is 3.19. The molecule has 0 heterocycles. The van der Waals surface area contributed by atoms with Gasteiger partial charge in [0, 0.05) is 6.04 Å². The molecule has 2 rings (SSSR count). The van der Waals surface area contributed by atoms with Crippen LogP contribution in [0.4, 0.5) is 0 Å². The van der Waals surface area contributed by atoms with Gasteiger partial charge in [-0.3, -0.25) is 4.79 Å². The van der Waals surface area contributed by atoms with Crippen molar-refractivity contribution in [3.05, 3.63) is 0 Å². The minimum absolute atomic E-state index is 0.0769. The highest BCUT2D eigenvalue weighted by molar-refractivity contribution is 7.80. The summed E-state index contributed by atoms with van der Waals surface area (Å²) in [6.45, 7) is 4.57. The van der Waals surface area contributed by atoms with E-state index < -0.39 is 5.41 Å². The van der Waals surface area contributed by atoms with Crippen LogP contribution in [0.1, 0.15) is 52.4 Å². The molecule has 102 valence electrons. The van der Waals surface area contributed by atoms with Crippen molar-refractivity contribution in [2.24, 2.45) is 23.0 Å². The van der Waals surface area contributed by atoms with E-state index in [4.69, 9.17) is 18.0 Å². The van der Waals surface area contributed by atoms with Crippen LogP contribution in [0.2, 0.25) is 0 Å². The monoisotopic (exact) mass is 268 g/mol. The van der Waals surface area contributed by atoms with Gasteiger partial charge in [0.15, 0.2) is 0 Å². The van der Waals surface area contributed by atoms with Gasteiger partial charge in [-0.25, -0.2) is 0 Å². The third-order valence-electron chi connectivity index (χ3n) is 5.05. The van der Waals surface area contributed by atoms with Crippen molar-refractivity contribution >= 4 is 23.1 Å². The van der Waals surface area contributed by atoms with Crippen molar-refractivity contribution in [1.82, 2.24) is 5.32 Å². The number of carbonyl (C=O) groups excluding carboxylic acids is 1. The quantitative estimate of drug-likeness (QED) is 0.773. The molecule has 0 radical (unpaired) electrons. The first-order valence-electron chi connectivity index (χ1n) is 7.06. The van der Waals surface area contributed by atoms with Crippen LogP contribution in [0, 0.1) is 17.3 Å². The lowest BCUT2D eigenvalue weighted by atomic mass is 9.67. The number of rotatable bonds is 3. The first-order chi connectivity index (χ1) is 8.45. The molecule has 3 atom stereocenters. The van der Waals surface area contributed by atoms with Gasteiger partial charge < -0.3 is 11.1 Å². The minimum atomic E-state index is -0.526. The predicted octanol–water partition coefficient (Wildman–Crippen LogP) is 2.38. The normalized spacial score (nSPS) is 34.4. The van der Waals surface area contributed by atoms with Crippen LogP contribution in [-0.2, 0) is 4.79 Å². The van der Waals surface area contributed by atoms with Gasteiger partial charge in [-0.05, 0) is 43.9 Å². The fourth-order valence-corrected chi connectivity index (χ4v) is 3.41. The van der Waals surface area contributed by atoms with Crippen molar-refractivity contribution in [2.75, 3.05) is 0 Å². The lowest BCUT2D eigenvalue weighted by Crippen LogP contribution is -2.55. The smallest absolute Gasteiger partial charge is 0.233 e. The number of amides is 1. The molecule has 0 saturated heterocycles. The van der Waals surface area contributed by atoms with Crippen molar-refractivity contribution < 1.29 is 4.79 Å². The molecule has 0 spiro atoms. The Balaban J connectivity index is 1.93. The van der Waals surface area contributed by atoms with Gasteiger partial charge in [-0.1, -0.05) is 32.5 Å². The highest BCUT2D eigenvalue weighted by atomic mass is 32.1. The fraction of sp³-hybridized carbons (Fsp3) is 0.857. The van der Waals surface area contributed by atoms with E-state index in [2.05, 4.69) is 19.2 Å². The number of nitrogens with two attached hydrogens (primary N) is 1. The molecule has 0 aliphatic heterocycles. The molecule has 0 aromatic heterocycles. The Morgan fingerprint density at radius 2 is 1.94 bits per heavy atom. The zero-order valence-corrected chi connectivity index (χ0v) is 12.2. The summed E-state index contributed by atoms with van der Waals surface area (Å²) in [6, 6.07) is 0.315. The third kappa shape index (κ3) is 2.40. The summed E-state index contributed by atoms with van der Waals surface area (Å²) >= 11 is 5.08. The maximum absolute atomic E-state index is 12.4. The molecular formula is C14H24N2OS. The molecule has 18 heavy (non-hydrogen) atoms. The van der Waals surface area contributed by atoms with Crippen molar-refractivity contribution in [1.29, 1.82) is 0 Å². The largest absolute Gasteiger partial charge is 0.392 e. The van der Waals surface area contributed by atoms with Crippen LogP contribution in [0.25, 0.3) is 0 Å². The third-order valence-corrected chi connectivity index (χ3v) is 5.44. The molecule has 0 aromatic carbocycles. The summed E-state index contributed by atoms with van der Waals surface area (Å²) in [6.07, 6.45) is 6.08.